The number of hydrogen-bond acceptors (Lipinski definition) is 2. The highest BCUT2D eigenvalue weighted by molar-refractivity contribution is 6.50. The molecule has 1 saturated carbocycles. The molecule has 3 atom stereocenters. The lowest BCUT2D eigenvalue weighted by atomic mass is 10.1. The van der Waals surface area contributed by atoms with Crippen molar-refractivity contribution < 1.29 is 9.84 Å². The minimum absolute atomic E-state index is 0.0433. The Balaban J connectivity index is 1.96. The first-order valence-electron chi connectivity index (χ1n) is 5.89. The van der Waals surface area contributed by atoms with Gasteiger partial charge in [-0.05, 0) is 24.8 Å². The Morgan fingerprint density at radius 2 is 1.68 bits per heavy atom. The molecule has 1 fully saturated rings. The van der Waals surface area contributed by atoms with Gasteiger partial charge in [0, 0.05) is 5.92 Å². The van der Waals surface area contributed by atoms with Crippen molar-refractivity contribution in [1.29, 1.82) is 0 Å². The minimum atomic E-state index is -0.325. The second kappa shape index (κ2) is 4.92. The van der Waals surface area contributed by atoms with Gasteiger partial charge >= 0.3 is 0 Å². The highest BCUT2D eigenvalue weighted by Crippen LogP contribution is 2.53. The van der Waals surface area contributed by atoms with E-state index in [9.17, 15) is 5.11 Å². The van der Waals surface area contributed by atoms with Gasteiger partial charge in [-0.25, -0.2) is 0 Å². The number of ether oxygens (including phenoxy) is 1. The minimum Gasteiger partial charge on any atom is -0.505 e. The lowest BCUT2D eigenvalue weighted by Gasteiger charge is -2.21. The first-order chi connectivity index (χ1) is 9.00. The fourth-order valence-corrected chi connectivity index (χ4v) is 3.36. The summed E-state index contributed by atoms with van der Waals surface area (Å²) in [5.41, 5.74) is 0. The largest absolute Gasteiger partial charge is 0.505 e. The molecule has 0 bridgehead atoms. The quantitative estimate of drug-likeness (QED) is 0.581. The van der Waals surface area contributed by atoms with Crippen LogP contribution in [-0.4, -0.2) is 11.2 Å². The van der Waals surface area contributed by atoms with Crippen molar-refractivity contribution in [1.82, 2.24) is 0 Å². The highest BCUT2D eigenvalue weighted by Gasteiger charge is 2.45. The molecule has 0 spiro atoms. The fraction of sp³-hybridized carbons (Fsp3) is 0.385. The molecule has 3 rings (SSSR count). The van der Waals surface area contributed by atoms with E-state index in [4.69, 9.17) is 51.1 Å². The topological polar surface area (TPSA) is 29.5 Å². The molecule has 2 nitrogen and oxygen atoms in total. The van der Waals surface area contributed by atoms with E-state index in [1.807, 2.05) is 6.08 Å². The molecule has 2 aliphatic rings. The summed E-state index contributed by atoms with van der Waals surface area (Å²) in [6.07, 6.45) is 6.29. The monoisotopic (exact) mass is 338 g/mol. The van der Waals surface area contributed by atoms with Crippen molar-refractivity contribution in [2.75, 3.05) is 0 Å². The van der Waals surface area contributed by atoms with E-state index in [1.165, 1.54) is 0 Å². The maximum atomic E-state index is 9.66. The number of phenolic OH excluding ortho intramolecular Hbond substituents is 1. The first kappa shape index (κ1) is 13.7. The SMILES string of the molecule is Oc1c(Cl)c(Cl)c(OC2C=CC[C@H]3C[C@@H]23)c(Cl)c1Cl. The number of halogens is 4. The number of rotatable bonds is 2. The van der Waals surface area contributed by atoms with Crippen molar-refractivity contribution in [2.45, 2.75) is 18.9 Å². The molecule has 0 aliphatic heterocycles. The summed E-state index contributed by atoms with van der Waals surface area (Å²) >= 11 is 23.9. The molecular weight excluding hydrogens is 330 g/mol. The number of fused-ring (bicyclic) bond motifs is 1. The summed E-state index contributed by atoms with van der Waals surface area (Å²) in [5.74, 6) is 1.10. The van der Waals surface area contributed by atoms with Gasteiger partial charge in [-0.15, -0.1) is 0 Å². The smallest absolute Gasteiger partial charge is 0.160 e. The van der Waals surface area contributed by atoms with Crippen LogP contribution in [-0.2, 0) is 0 Å². The molecule has 0 aromatic heterocycles. The van der Waals surface area contributed by atoms with Crippen LogP contribution in [0.3, 0.4) is 0 Å². The van der Waals surface area contributed by atoms with Crippen LogP contribution in [0.25, 0.3) is 0 Å². The Bertz CT molecular complexity index is 541. The molecule has 1 unspecified atom stereocenters. The van der Waals surface area contributed by atoms with Gasteiger partial charge in [-0.3, -0.25) is 0 Å². The van der Waals surface area contributed by atoms with E-state index in [1.54, 1.807) is 0 Å². The summed E-state index contributed by atoms with van der Waals surface area (Å²) in [6, 6.07) is 0. The Labute approximate surface area is 130 Å². The predicted octanol–water partition coefficient (Wildman–Crippen LogP) is 5.35. The molecule has 1 aromatic carbocycles. The zero-order valence-corrected chi connectivity index (χ0v) is 12.7. The first-order valence-corrected chi connectivity index (χ1v) is 7.40. The Hall–Kier alpha value is -0.280. The van der Waals surface area contributed by atoms with E-state index in [-0.39, 0.29) is 37.7 Å². The summed E-state index contributed by atoms with van der Waals surface area (Å²) < 4.78 is 5.86. The average molecular weight is 340 g/mol. The maximum Gasteiger partial charge on any atom is 0.160 e. The van der Waals surface area contributed by atoms with Crippen LogP contribution in [0, 0.1) is 11.8 Å². The molecule has 2 aliphatic carbocycles. The van der Waals surface area contributed by atoms with Gasteiger partial charge in [0.05, 0.1) is 0 Å². The van der Waals surface area contributed by atoms with Gasteiger partial charge in [-0.2, -0.15) is 0 Å². The summed E-state index contributed by atoms with van der Waals surface area (Å²) in [6.45, 7) is 0. The Kier molecular flexibility index (Phi) is 3.55. The van der Waals surface area contributed by atoms with Gasteiger partial charge in [-0.1, -0.05) is 52.5 Å². The Morgan fingerprint density at radius 1 is 1.05 bits per heavy atom. The number of aromatic hydroxyl groups is 1. The van der Waals surface area contributed by atoms with Crippen LogP contribution in [0.2, 0.25) is 20.1 Å². The molecule has 0 amide bonds. The number of allylic oxidation sites excluding steroid dienone is 1. The highest BCUT2D eigenvalue weighted by atomic mass is 35.5. The number of phenols is 1. The molecule has 1 N–H and O–H groups in total. The van der Waals surface area contributed by atoms with Crippen molar-refractivity contribution in [3.8, 4) is 11.5 Å². The third kappa shape index (κ3) is 2.29. The summed E-state index contributed by atoms with van der Waals surface area (Å²) in [5, 5.41) is 9.74. The van der Waals surface area contributed by atoms with Crippen molar-refractivity contribution in [3.05, 3.63) is 32.2 Å². The van der Waals surface area contributed by atoms with Crippen LogP contribution < -0.4 is 4.74 Å². The van der Waals surface area contributed by atoms with Crippen molar-refractivity contribution >= 4 is 46.4 Å². The van der Waals surface area contributed by atoms with E-state index in [0.29, 0.717) is 11.8 Å². The molecule has 102 valence electrons. The van der Waals surface area contributed by atoms with Gasteiger partial charge in [0.25, 0.3) is 0 Å². The fourth-order valence-electron chi connectivity index (χ4n) is 2.44. The lowest BCUT2D eigenvalue weighted by molar-refractivity contribution is 0.213. The van der Waals surface area contributed by atoms with Crippen LogP contribution in [0.15, 0.2) is 12.2 Å². The van der Waals surface area contributed by atoms with Crippen LogP contribution >= 0.6 is 46.4 Å². The lowest BCUT2D eigenvalue weighted by Crippen LogP contribution is -2.19. The van der Waals surface area contributed by atoms with Gasteiger partial charge < -0.3 is 9.84 Å². The molecule has 1 aromatic rings. The maximum absolute atomic E-state index is 9.66. The van der Waals surface area contributed by atoms with Crippen LogP contribution in [0.1, 0.15) is 12.8 Å². The molecular formula is C13H10Cl4O2. The zero-order valence-electron chi connectivity index (χ0n) is 9.67. The second-order valence-electron chi connectivity index (χ2n) is 4.84. The zero-order chi connectivity index (χ0) is 13.7. The third-order valence-corrected chi connectivity index (χ3v) is 5.27. The molecule has 0 heterocycles. The van der Waals surface area contributed by atoms with Gasteiger partial charge in [0.2, 0.25) is 0 Å². The van der Waals surface area contributed by atoms with E-state index < -0.39 is 0 Å². The van der Waals surface area contributed by atoms with Gasteiger partial charge in [0.15, 0.2) is 11.5 Å². The predicted molar refractivity (Wildman–Crippen MR) is 77.9 cm³/mol. The molecule has 6 heteroatoms. The normalized spacial score (nSPS) is 28.1. The van der Waals surface area contributed by atoms with Crippen LogP contribution in [0.5, 0.6) is 11.5 Å². The standard InChI is InChI=1S/C13H10Cl4O2/c14-8-10(16)13(11(17)9(15)12(8)18)19-7-3-1-2-5-4-6(5)7/h1,3,5-7,18H,2,4H2/t5-,6+,7?/m0/s1. The van der Waals surface area contributed by atoms with Gasteiger partial charge in [0.1, 0.15) is 26.2 Å². The van der Waals surface area contributed by atoms with E-state index in [2.05, 4.69) is 6.08 Å². The van der Waals surface area contributed by atoms with Crippen molar-refractivity contribution in [3.63, 3.8) is 0 Å². The van der Waals surface area contributed by atoms with Crippen molar-refractivity contribution in [2.24, 2.45) is 11.8 Å². The molecule has 0 saturated heterocycles. The third-order valence-electron chi connectivity index (χ3n) is 3.62. The van der Waals surface area contributed by atoms with E-state index >= 15 is 0 Å². The number of hydrogen-bond donors (Lipinski definition) is 1. The second-order valence-corrected chi connectivity index (χ2v) is 6.35. The average Bonchev–Trinajstić information content (AvgIpc) is 3.19. The Morgan fingerprint density at radius 3 is 2.32 bits per heavy atom. The number of benzene rings is 1. The molecule has 0 radical (unpaired) electrons. The van der Waals surface area contributed by atoms with E-state index in [0.717, 1.165) is 12.8 Å². The summed E-state index contributed by atoms with van der Waals surface area (Å²) in [7, 11) is 0. The van der Waals surface area contributed by atoms with Crippen LogP contribution in [0.4, 0.5) is 0 Å². The molecule has 19 heavy (non-hydrogen) atoms. The summed E-state index contributed by atoms with van der Waals surface area (Å²) in [4.78, 5) is 0.